The van der Waals surface area contributed by atoms with Crippen molar-refractivity contribution >= 4 is 17.5 Å². The first-order valence-corrected chi connectivity index (χ1v) is 9.82. The Labute approximate surface area is 173 Å². The number of fused-ring (bicyclic) bond motifs is 1. The number of nitrogens with zero attached hydrogens (tertiary/aromatic N) is 4. The smallest absolute Gasteiger partial charge is 0.255 e. The van der Waals surface area contributed by atoms with Crippen LogP contribution in [0, 0.1) is 20.8 Å². The van der Waals surface area contributed by atoms with Gasteiger partial charge in [-0.15, -0.1) is 5.10 Å². The van der Waals surface area contributed by atoms with Crippen molar-refractivity contribution in [2.45, 2.75) is 33.7 Å². The van der Waals surface area contributed by atoms with E-state index in [2.05, 4.69) is 15.3 Å². The molecule has 1 N–H and O–H groups in total. The van der Waals surface area contributed by atoms with Gasteiger partial charge in [-0.3, -0.25) is 9.59 Å². The number of nitrogens with one attached hydrogen (secondary N) is 1. The Morgan fingerprint density at radius 3 is 2.62 bits per heavy atom. The van der Waals surface area contributed by atoms with Crippen LogP contribution in [-0.2, 0) is 20.0 Å². The predicted molar refractivity (Wildman–Crippen MR) is 111 cm³/mol. The van der Waals surface area contributed by atoms with Crippen molar-refractivity contribution in [3.63, 3.8) is 0 Å². The van der Waals surface area contributed by atoms with Crippen molar-refractivity contribution in [2.24, 2.45) is 7.05 Å². The lowest BCUT2D eigenvalue weighted by atomic mass is 9.94. The van der Waals surface area contributed by atoms with Crippen LogP contribution in [0.4, 0.5) is 0 Å². The SMILES string of the molecule is Cc1cc(C)c(CN2CCc3ccc(-c4c(C)nnn4C)c(Cl)c3C2=O)c(=O)[nH]1. The van der Waals surface area contributed by atoms with E-state index >= 15 is 0 Å². The van der Waals surface area contributed by atoms with Crippen LogP contribution in [0.15, 0.2) is 23.0 Å². The van der Waals surface area contributed by atoms with Gasteiger partial charge in [-0.2, -0.15) is 0 Å². The average molecular weight is 412 g/mol. The Balaban J connectivity index is 1.74. The maximum absolute atomic E-state index is 13.3. The number of carbonyl (C=O) groups excluding carboxylic acids is 1. The van der Waals surface area contributed by atoms with Gasteiger partial charge in [-0.05, 0) is 44.4 Å². The summed E-state index contributed by atoms with van der Waals surface area (Å²) < 4.78 is 1.66. The summed E-state index contributed by atoms with van der Waals surface area (Å²) in [5, 5.41) is 8.52. The minimum atomic E-state index is -0.162. The highest BCUT2D eigenvalue weighted by atomic mass is 35.5. The molecule has 3 heterocycles. The predicted octanol–water partition coefficient (Wildman–Crippen LogP) is 2.95. The van der Waals surface area contributed by atoms with E-state index < -0.39 is 0 Å². The second kappa shape index (κ2) is 7.15. The van der Waals surface area contributed by atoms with E-state index in [0.29, 0.717) is 29.1 Å². The molecule has 1 amide bonds. The second-order valence-electron chi connectivity index (χ2n) is 7.53. The average Bonchev–Trinajstić information content (AvgIpc) is 2.98. The largest absolute Gasteiger partial charge is 0.334 e. The Kier molecular flexibility index (Phi) is 4.78. The molecule has 3 aromatic rings. The molecule has 7 nitrogen and oxygen atoms in total. The van der Waals surface area contributed by atoms with E-state index in [4.69, 9.17) is 11.6 Å². The lowest BCUT2D eigenvalue weighted by Crippen LogP contribution is -2.39. The molecule has 1 aliphatic heterocycles. The summed E-state index contributed by atoms with van der Waals surface area (Å²) in [4.78, 5) is 30.2. The molecule has 1 aliphatic rings. The van der Waals surface area contributed by atoms with Gasteiger partial charge in [0.25, 0.3) is 11.5 Å². The van der Waals surface area contributed by atoms with Gasteiger partial charge in [0.15, 0.2) is 0 Å². The molecule has 0 saturated heterocycles. The third-order valence-corrected chi connectivity index (χ3v) is 5.87. The lowest BCUT2D eigenvalue weighted by molar-refractivity contribution is 0.0726. The molecule has 29 heavy (non-hydrogen) atoms. The number of H-pyrrole nitrogens is 1. The summed E-state index contributed by atoms with van der Waals surface area (Å²) in [6.07, 6.45) is 0.687. The van der Waals surface area contributed by atoms with Gasteiger partial charge in [0.2, 0.25) is 0 Å². The fourth-order valence-electron chi connectivity index (χ4n) is 4.00. The van der Waals surface area contributed by atoms with Crippen LogP contribution in [0.2, 0.25) is 5.02 Å². The van der Waals surface area contributed by atoms with Gasteiger partial charge in [-0.1, -0.05) is 28.9 Å². The van der Waals surface area contributed by atoms with E-state index in [1.165, 1.54) is 0 Å². The molecular weight excluding hydrogens is 390 g/mol. The first kappa shape index (κ1) is 19.4. The first-order valence-electron chi connectivity index (χ1n) is 9.44. The van der Waals surface area contributed by atoms with Gasteiger partial charge < -0.3 is 9.88 Å². The van der Waals surface area contributed by atoms with Crippen molar-refractivity contribution in [3.05, 3.63) is 67.2 Å². The summed E-state index contributed by atoms with van der Waals surface area (Å²) in [5.41, 5.74) is 5.81. The maximum atomic E-state index is 13.3. The minimum absolute atomic E-state index is 0.155. The van der Waals surface area contributed by atoms with E-state index in [9.17, 15) is 9.59 Å². The zero-order valence-electron chi connectivity index (χ0n) is 16.8. The molecule has 0 unspecified atom stereocenters. The fourth-order valence-corrected chi connectivity index (χ4v) is 4.36. The van der Waals surface area contributed by atoms with Gasteiger partial charge >= 0.3 is 0 Å². The number of aryl methyl sites for hydroxylation is 4. The van der Waals surface area contributed by atoms with E-state index in [1.807, 2.05) is 39.0 Å². The first-order chi connectivity index (χ1) is 13.8. The van der Waals surface area contributed by atoms with E-state index in [0.717, 1.165) is 33.8 Å². The van der Waals surface area contributed by atoms with Crippen molar-refractivity contribution in [2.75, 3.05) is 6.54 Å². The normalized spacial score (nSPS) is 13.7. The van der Waals surface area contributed by atoms with Crippen molar-refractivity contribution in [1.82, 2.24) is 24.9 Å². The molecule has 0 bridgehead atoms. The highest BCUT2D eigenvalue weighted by molar-refractivity contribution is 6.36. The number of benzene rings is 1. The van der Waals surface area contributed by atoms with Crippen LogP contribution < -0.4 is 5.56 Å². The van der Waals surface area contributed by atoms with Crippen molar-refractivity contribution in [1.29, 1.82) is 0 Å². The zero-order valence-corrected chi connectivity index (χ0v) is 17.6. The summed E-state index contributed by atoms with van der Waals surface area (Å²) in [6.45, 7) is 6.39. The fraction of sp³-hybridized carbons (Fsp3) is 0.333. The second-order valence-corrected chi connectivity index (χ2v) is 7.91. The molecule has 2 aromatic heterocycles. The van der Waals surface area contributed by atoms with E-state index in [1.54, 1.807) is 16.6 Å². The monoisotopic (exact) mass is 411 g/mol. The van der Waals surface area contributed by atoms with Gasteiger partial charge in [-0.25, -0.2) is 4.68 Å². The van der Waals surface area contributed by atoms with Crippen LogP contribution in [0.5, 0.6) is 0 Å². The minimum Gasteiger partial charge on any atom is -0.334 e. The molecule has 0 radical (unpaired) electrons. The molecule has 150 valence electrons. The zero-order chi connectivity index (χ0) is 20.9. The lowest BCUT2D eigenvalue weighted by Gasteiger charge is -2.30. The molecule has 0 atom stereocenters. The van der Waals surface area contributed by atoms with Gasteiger partial charge in [0, 0.05) is 30.4 Å². The third-order valence-electron chi connectivity index (χ3n) is 5.47. The number of hydrogen-bond donors (Lipinski definition) is 1. The quantitative estimate of drug-likeness (QED) is 0.718. The highest BCUT2D eigenvalue weighted by Crippen LogP contribution is 2.36. The van der Waals surface area contributed by atoms with Crippen molar-refractivity contribution in [3.8, 4) is 11.3 Å². The Bertz CT molecular complexity index is 1180. The summed E-state index contributed by atoms with van der Waals surface area (Å²) in [6, 6.07) is 5.79. The summed E-state index contributed by atoms with van der Waals surface area (Å²) in [7, 11) is 1.80. The van der Waals surface area contributed by atoms with Crippen LogP contribution in [0.1, 0.15) is 38.4 Å². The molecule has 0 spiro atoms. The Hall–Kier alpha value is -2.93. The molecule has 0 saturated carbocycles. The molecule has 4 rings (SSSR count). The van der Waals surface area contributed by atoms with Crippen molar-refractivity contribution < 1.29 is 4.79 Å². The summed E-state index contributed by atoms with van der Waals surface area (Å²) >= 11 is 6.72. The molecule has 0 fully saturated rings. The van der Waals surface area contributed by atoms with Crippen LogP contribution in [-0.4, -0.2) is 37.3 Å². The van der Waals surface area contributed by atoms with Crippen LogP contribution in [0.3, 0.4) is 0 Å². The number of amides is 1. The third kappa shape index (κ3) is 3.25. The molecule has 0 aliphatic carbocycles. The van der Waals surface area contributed by atoms with Gasteiger partial charge in [0.05, 0.1) is 28.5 Å². The number of aromatic nitrogens is 4. The van der Waals surface area contributed by atoms with Gasteiger partial charge in [0.1, 0.15) is 0 Å². The molecule has 8 heteroatoms. The van der Waals surface area contributed by atoms with Crippen LogP contribution in [0.25, 0.3) is 11.3 Å². The topological polar surface area (TPSA) is 83.9 Å². The summed E-state index contributed by atoms with van der Waals surface area (Å²) in [5.74, 6) is -0.162. The highest BCUT2D eigenvalue weighted by Gasteiger charge is 2.30. The number of rotatable bonds is 3. The number of halogens is 1. The number of aromatic amines is 1. The number of carbonyl (C=O) groups is 1. The standard InChI is InChI=1S/C21H22ClN5O2/c1-11-9-12(2)23-20(28)16(11)10-27-8-7-14-5-6-15(18(22)17(14)21(27)29)19-13(3)24-25-26(19)4/h5-6,9H,7-8,10H2,1-4H3,(H,23,28). The maximum Gasteiger partial charge on any atom is 0.255 e. The molecular formula is C21H22ClN5O2. The van der Waals surface area contributed by atoms with E-state index in [-0.39, 0.29) is 18.0 Å². The number of hydrogen-bond acceptors (Lipinski definition) is 4. The number of pyridine rings is 1. The Morgan fingerprint density at radius 1 is 1.21 bits per heavy atom. The molecule has 1 aromatic carbocycles. The Morgan fingerprint density at radius 2 is 1.97 bits per heavy atom. The van der Waals surface area contributed by atoms with Crippen LogP contribution >= 0.6 is 11.6 Å².